The summed E-state index contributed by atoms with van der Waals surface area (Å²) < 4.78 is 0. The number of hydrogen-bond donors (Lipinski definition) is 4. The maximum Gasteiger partial charge on any atom is 0.217 e. The zero-order chi connectivity index (χ0) is 21.1. The van der Waals surface area contributed by atoms with E-state index in [1.54, 1.807) is 6.07 Å². The molecule has 0 atom stereocenters. The van der Waals surface area contributed by atoms with Gasteiger partial charge in [-0.3, -0.25) is 4.79 Å². The third-order valence-electron chi connectivity index (χ3n) is 4.81. The van der Waals surface area contributed by atoms with Gasteiger partial charge in [0.2, 0.25) is 5.91 Å². The molecule has 1 amide bonds. The van der Waals surface area contributed by atoms with Crippen LogP contribution >= 0.6 is 0 Å². The molecule has 0 fully saturated rings. The molecule has 0 saturated carbocycles. The van der Waals surface area contributed by atoms with E-state index in [1.807, 2.05) is 66.7 Å². The summed E-state index contributed by atoms with van der Waals surface area (Å²) in [6.07, 6.45) is 0. The Balaban J connectivity index is 1.82. The predicted molar refractivity (Wildman–Crippen MR) is 120 cm³/mol. The van der Waals surface area contributed by atoms with Crippen molar-refractivity contribution in [2.24, 2.45) is 4.99 Å². The summed E-state index contributed by atoms with van der Waals surface area (Å²) in [4.78, 5) is 19.0. The van der Waals surface area contributed by atoms with Gasteiger partial charge in [-0.1, -0.05) is 42.5 Å². The molecule has 0 bridgehead atoms. The van der Waals surface area contributed by atoms with Crippen molar-refractivity contribution in [3.63, 3.8) is 0 Å². The number of nitrogens with zero attached hydrogens (tertiary/aromatic N) is 1. The fourth-order valence-electron chi connectivity index (χ4n) is 3.34. The number of nitrogens with one attached hydrogen (secondary N) is 2. The summed E-state index contributed by atoms with van der Waals surface area (Å²) in [5.41, 5.74) is 11.2. The number of carbonyl (C=O) groups is 1. The summed E-state index contributed by atoms with van der Waals surface area (Å²) in [5.74, 6) is -0.0296. The largest absolute Gasteiger partial charge is 0.494 e. The van der Waals surface area contributed by atoms with Gasteiger partial charge in [-0.15, -0.1) is 0 Å². The van der Waals surface area contributed by atoms with Crippen LogP contribution in [0.25, 0.3) is 10.9 Å². The zero-order valence-electron chi connectivity index (χ0n) is 16.5. The number of nitrogens with two attached hydrogens (primary N) is 1. The van der Waals surface area contributed by atoms with Gasteiger partial charge in [0.05, 0.1) is 17.0 Å². The number of anilines is 1. The molecular weight excluding hydrogens is 376 g/mol. The van der Waals surface area contributed by atoms with Gasteiger partial charge in [0.15, 0.2) is 5.88 Å². The molecule has 6 heteroatoms. The lowest BCUT2D eigenvalue weighted by atomic mass is 10.0. The first-order chi connectivity index (χ1) is 14.5. The van der Waals surface area contributed by atoms with Crippen LogP contribution in [-0.2, 0) is 11.3 Å². The molecule has 150 valence electrons. The average Bonchev–Trinajstić information content (AvgIpc) is 3.07. The third kappa shape index (κ3) is 4.03. The molecule has 0 unspecified atom stereocenters. The van der Waals surface area contributed by atoms with Gasteiger partial charge in [0.25, 0.3) is 0 Å². The van der Waals surface area contributed by atoms with E-state index >= 15 is 0 Å². The number of aliphatic imine (C=N–C) groups is 1. The maximum absolute atomic E-state index is 11.1. The molecule has 0 aliphatic rings. The molecule has 0 spiro atoms. The van der Waals surface area contributed by atoms with E-state index in [4.69, 9.17) is 10.7 Å². The number of fused-ring (bicyclic) bond motifs is 1. The fourth-order valence-corrected chi connectivity index (χ4v) is 3.34. The normalized spacial score (nSPS) is 11.6. The minimum absolute atomic E-state index is 0.0421. The molecule has 0 aliphatic heterocycles. The first kappa shape index (κ1) is 19.3. The zero-order valence-corrected chi connectivity index (χ0v) is 16.5. The number of rotatable bonds is 5. The van der Waals surface area contributed by atoms with E-state index < -0.39 is 0 Å². The van der Waals surface area contributed by atoms with Crippen LogP contribution in [0.15, 0.2) is 77.8 Å². The predicted octanol–water partition coefficient (Wildman–Crippen LogP) is 4.26. The maximum atomic E-state index is 11.1. The number of aromatic hydroxyl groups is 1. The monoisotopic (exact) mass is 398 g/mol. The summed E-state index contributed by atoms with van der Waals surface area (Å²) in [6.45, 7) is 1.96. The summed E-state index contributed by atoms with van der Waals surface area (Å²) in [5, 5.41) is 14.3. The lowest BCUT2D eigenvalue weighted by Crippen LogP contribution is -2.18. The topological polar surface area (TPSA) is 103 Å². The van der Waals surface area contributed by atoms with Crippen molar-refractivity contribution in [1.29, 1.82) is 0 Å². The van der Waals surface area contributed by atoms with Crippen molar-refractivity contribution in [1.82, 2.24) is 10.3 Å². The Morgan fingerprint density at radius 2 is 1.80 bits per heavy atom. The Kier molecular flexibility index (Phi) is 5.22. The lowest BCUT2D eigenvalue weighted by Gasteiger charge is -2.09. The van der Waals surface area contributed by atoms with Gasteiger partial charge < -0.3 is 21.1 Å². The molecule has 5 N–H and O–H groups in total. The lowest BCUT2D eigenvalue weighted by molar-refractivity contribution is -0.119. The van der Waals surface area contributed by atoms with Crippen LogP contribution in [0.1, 0.15) is 23.6 Å². The van der Waals surface area contributed by atoms with Crippen molar-refractivity contribution < 1.29 is 9.90 Å². The van der Waals surface area contributed by atoms with Crippen LogP contribution in [0.5, 0.6) is 5.88 Å². The van der Waals surface area contributed by atoms with E-state index in [9.17, 15) is 9.90 Å². The van der Waals surface area contributed by atoms with Crippen LogP contribution in [0, 0.1) is 0 Å². The van der Waals surface area contributed by atoms with E-state index in [-0.39, 0.29) is 11.8 Å². The smallest absolute Gasteiger partial charge is 0.217 e. The number of aromatic nitrogens is 1. The first-order valence-corrected chi connectivity index (χ1v) is 9.59. The highest BCUT2D eigenvalue weighted by Gasteiger charge is 2.18. The molecule has 1 heterocycles. The van der Waals surface area contributed by atoms with Gasteiger partial charge in [-0.05, 0) is 35.9 Å². The minimum atomic E-state index is -0.0717. The first-order valence-electron chi connectivity index (χ1n) is 9.59. The number of amides is 1. The van der Waals surface area contributed by atoms with Crippen molar-refractivity contribution in [3.05, 3.63) is 89.5 Å². The van der Waals surface area contributed by atoms with E-state index in [1.165, 1.54) is 6.92 Å². The Bertz CT molecular complexity index is 1230. The van der Waals surface area contributed by atoms with Crippen molar-refractivity contribution in [3.8, 4) is 5.88 Å². The van der Waals surface area contributed by atoms with Crippen LogP contribution in [0.3, 0.4) is 0 Å². The summed E-state index contributed by atoms with van der Waals surface area (Å²) >= 11 is 0. The van der Waals surface area contributed by atoms with E-state index in [0.29, 0.717) is 23.5 Å². The van der Waals surface area contributed by atoms with E-state index in [0.717, 1.165) is 27.7 Å². The summed E-state index contributed by atoms with van der Waals surface area (Å²) in [7, 11) is 0. The molecule has 4 rings (SSSR count). The van der Waals surface area contributed by atoms with Crippen LogP contribution in [-0.4, -0.2) is 21.7 Å². The third-order valence-corrected chi connectivity index (χ3v) is 4.81. The van der Waals surface area contributed by atoms with Gasteiger partial charge in [0.1, 0.15) is 0 Å². The molecule has 3 aromatic carbocycles. The van der Waals surface area contributed by atoms with Crippen LogP contribution in [0.4, 0.5) is 11.4 Å². The van der Waals surface area contributed by atoms with E-state index in [2.05, 4.69) is 10.3 Å². The Hall–Kier alpha value is -4.06. The standard InChI is InChI=1S/C24H22N4O2/c1-15(29)26-14-16-7-10-19(11-8-16)27-23(17-5-3-2-4-6-17)22-20-13-18(25)9-12-21(20)28-24(22)30/h2-13,28,30H,14,25H2,1H3,(H,26,29). The highest BCUT2D eigenvalue weighted by Crippen LogP contribution is 2.32. The van der Waals surface area contributed by atoms with Crippen molar-refractivity contribution in [2.45, 2.75) is 13.5 Å². The molecule has 0 aliphatic carbocycles. The number of H-pyrrole nitrogens is 1. The second kappa shape index (κ2) is 8.13. The minimum Gasteiger partial charge on any atom is -0.494 e. The number of benzene rings is 3. The average molecular weight is 398 g/mol. The molecule has 6 nitrogen and oxygen atoms in total. The van der Waals surface area contributed by atoms with Crippen LogP contribution in [0.2, 0.25) is 0 Å². The number of carbonyl (C=O) groups excluding carboxylic acids is 1. The molecular formula is C24H22N4O2. The second-order valence-electron chi connectivity index (χ2n) is 7.06. The number of hydrogen-bond acceptors (Lipinski definition) is 4. The molecule has 0 saturated heterocycles. The molecule has 30 heavy (non-hydrogen) atoms. The Labute approximate surface area is 174 Å². The summed E-state index contributed by atoms with van der Waals surface area (Å²) in [6, 6.07) is 22.8. The highest BCUT2D eigenvalue weighted by molar-refractivity contribution is 6.22. The quantitative estimate of drug-likeness (QED) is 0.298. The Morgan fingerprint density at radius 3 is 2.50 bits per heavy atom. The molecule has 1 aromatic heterocycles. The number of nitrogen functional groups attached to an aromatic ring is 1. The molecule has 0 radical (unpaired) electrons. The molecule has 4 aromatic rings. The van der Waals surface area contributed by atoms with Crippen LogP contribution < -0.4 is 11.1 Å². The Morgan fingerprint density at radius 1 is 1.07 bits per heavy atom. The van der Waals surface area contributed by atoms with Gasteiger partial charge >= 0.3 is 0 Å². The number of aromatic amines is 1. The van der Waals surface area contributed by atoms with Gasteiger partial charge in [0, 0.05) is 35.6 Å². The second-order valence-corrected chi connectivity index (χ2v) is 7.06. The SMILES string of the molecule is CC(=O)NCc1ccc(N=C(c2ccccc2)c2c(O)[nH]c3ccc(N)cc23)cc1. The van der Waals surface area contributed by atoms with Crippen molar-refractivity contribution in [2.75, 3.05) is 5.73 Å². The van der Waals surface area contributed by atoms with Gasteiger partial charge in [-0.2, -0.15) is 0 Å². The van der Waals surface area contributed by atoms with Crippen molar-refractivity contribution >= 4 is 33.9 Å². The fraction of sp³-hybridized carbons (Fsp3) is 0.0833. The highest BCUT2D eigenvalue weighted by atomic mass is 16.3. The van der Waals surface area contributed by atoms with Gasteiger partial charge in [-0.25, -0.2) is 4.99 Å².